The van der Waals surface area contributed by atoms with Crippen molar-refractivity contribution in [2.45, 2.75) is 45.4 Å². The summed E-state index contributed by atoms with van der Waals surface area (Å²) < 4.78 is 8.79. The van der Waals surface area contributed by atoms with Crippen LogP contribution >= 0.6 is 47.8 Å². The molecule has 102 valence electrons. The summed E-state index contributed by atoms with van der Waals surface area (Å²) in [6.45, 7) is 3.04. The SMILES string of the molecule is CCCCCCCCOc1cc(Br)c(Br)c(Br)c1. The van der Waals surface area contributed by atoms with Gasteiger partial charge in [-0.15, -0.1) is 0 Å². The van der Waals surface area contributed by atoms with Crippen molar-refractivity contribution in [1.82, 2.24) is 0 Å². The minimum Gasteiger partial charge on any atom is -0.494 e. The fourth-order valence-electron chi connectivity index (χ4n) is 1.69. The van der Waals surface area contributed by atoms with Crippen LogP contribution in [0, 0.1) is 0 Å². The lowest BCUT2D eigenvalue weighted by atomic mass is 10.1. The van der Waals surface area contributed by atoms with E-state index < -0.39 is 0 Å². The van der Waals surface area contributed by atoms with Gasteiger partial charge in [0.2, 0.25) is 0 Å². The third kappa shape index (κ3) is 6.07. The molecular formula is C14H19Br3O. The first kappa shape index (κ1) is 16.5. The van der Waals surface area contributed by atoms with E-state index in [9.17, 15) is 0 Å². The van der Waals surface area contributed by atoms with E-state index >= 15 is 0 Å². The molecule has 0 aromatic heterocycles. The summed E-state index contributed by atoms with van der Waals surface area (Å²) in [5, 5.41) is 0. The highest BCUT2D eigenvalue weighted by Gasteiger charge is 2.05. The number of hydrogen-bond acceptors (Lipinski definition) is 1. The Kier molecular flexibility index (Phi) is 8.60. The zero-order valence-electron chi connectivity index (χ0n) is 10.6. The molecule has 0 heterocycles. The molecule has 1 aromatic rings. The van der Waals surface area contributed by atoms with E-state index in [1.54, 1.807) is 0 Å². The van der Waals surface area contributed by atoms with E-state index in [-0.39, 0.29) is 0 Å². The maximum atomic E-state index is 5.75. The summed E-state index contributed by atoms with van der Waals surface area (Å²) in [6.07, 6.45) is 7.73. The molecule has 4 heteroatoms. The molecule has 0 aliphatic rings. The van der Waals surface area contributed by atoms with Crippen molar-refractivity contribution >= 4 is 47.8 Å². The van der Waals surface area contributed by atoms with Crippen LogP contribution in [0.2, 0.25) is 0 Å². The second-order valence-electron chi connectivity index (χ2n) is 4.32. The van der Waals surface area contributed by atoms with Crippen LogP contribution in [-0.4, -0.2) is 6.61 Å². The van der Waals surface area contributed by atoms with Gasteiger partial charge in [0.15, 0.2) is 0 Å². The van der Waals surface area contributed by atoms with Gasteiger partial charge < -0.3 is 4.74 Å². The van der Waals surface area contributed by atoms with Crippen molar-refractivity contribution in [2.24, 2.45) is 0 Å². The molecule has 18 heavy (non-hydrogen) atoms. The Bertz CT molecular complexity index is 343. The van der Waals surface area contributed by atoms with Crippen LogP contribution in [0.4, 0.5) is 0 Å². The molecule has 0 N–H and O–H groups in total. The summed E-state index contributed by atoms with van der Waals surface area (Å²) in [5.74, 6) is 0.908. The number of benzene rings is 1. The molecule has 0 aliphatic carbocycles. The van der Waals surface area contributed by atoms with Crippen LogP contribution in [0.25, 0.3) is 0 Å². The summed E-state index contributed by atoms with van der Waals surface area (Å²) >= 11 is 10.5. The van der Waals surface area contributed by atoms with Crippen molar-refractivity contribution in [3.63, 3.8) is 0 Å². The first-order chi connectivity index (χ1) is 8.65. The summed E-state index contributed by atoms with van der Waals surface area (Å²) in [6, 6.07) is 3.98. The average molecular weight is 443 g/mol. The van der Waals surface area contributed by atoms with Crippen LogP contribution in [0.15, 0.2) is 25.6 Å². The molecule has 1 aromatic carbocycles. The van der Waals surface area contributed by atoms with Crippen LogP contribution in [0.3, 0.4) is 0 Å². The largest absolute Gasteiger partial charge is 0.494 e. The zero-order chi connectivity index (χ0) is 13.4. The quantitative estimate of drug-likeness (QED) is 0.321. The lowest BCUT2D eigenvalue weighted by Crippen LogP contribution is -1.97. The molecule has 0 amide bonds. The number of unbranched alkanes of at least 4 members (excludes halogenated alkanes) is 5. The van der Waals surface area contributed by atoms with E-state index in [1.807, 2.05) is 12.1 Å². The predicted octanol–water partition coefficient (Wildman–Crippen LogP) is 6.71. The third-order valence-electron chi connectivity index (χ3n) is 2.72. The lowest BCUT2D eigenvalue weighted by molar-refractivity contribution is 0.304. The normalized spacial score (nSPS) is 10.7. The molecule has 0 radical (unpaired) electrons. The molecule has 0 fully saturated rings. The van der Waals surface area contributed by atoms with E-state index in [4.69, 9.17) is 4.74 Å². The first-order valence-electron chi connectivity index (χ1n) is 6.42. The summed E-state index contributed by atoms with van der Waals surface area (Å²) in [7, 11) is 0. The number of hydrogen-bond donors (Lipinski definition) is 0. The minimum atomic E-state index is 0.798. The van der Waals surface area contributed by atoms with Crippen LogP contribution in [-0.2, 0) is 0 Å². The van der Waals surface area contributed by atoms with E-state index in [1.165, 1.54) is 32.1 Å². The fourth-order valence-corrected chi connectivity index (χ4v) is 3.06. The fraction of sp³-hybridized carbons (Fsp3) is 0.571. The lowest BCUT2D eigenvalue weighted by Gasteiger charge is -2.08. The molecule has 1 nitrogen and oxygen atoms in total. The molecule has 0 unspecified atom stereocenters. The standard InChI is InChI=1S/C14H19Br3O/c1-2-3-4-5-6-7-8-18-11-9-12(15)14(17)13(16)10-11/h9-10H,2-8H2,1H3. The smallest absolute Gasteiger partial charge is 0.121 e. The Hall–Kier alpha value is 0.460. The van der Waals surface area contributed by atoms with Gasteiger partial charge in [0.05, 0.1) is 6.61 Å². The van der Waals surface area contributed by atoms with Gasteiger partial charge in [-0.05, 0) is 66.3 Å². The number of rotatable bonds is 8. The van der Waals surface area contributed by atoms with E-state index in [0.29, 0.717) is 0 Å². The number of halogens is 3. The molecule has 0 atom stereocenters. The maximum absolute atomic E-state index is 5.75. The maximum Gasteiger partial charge on any atom is 0.121 e. The van der Waals surface area contributed by atoms with E-state index in [0.717, 1.165) is 32.2 Å². The Balaban J connectivity index is 2.23. The average Bonchev–Trinajstić information content (AvgIpc) is 2.34. The van der Waals surface area contributed by atoms with Gasteiger partial charge in [0.25, 0.3) is 0 Å². The molecule has 0 saturated heterocycles. The van der Waals surface area contributed by atoms with Gasteiger partial charge in [0, 0.05) is 13.4 Å². The van der Waals surface area contributed by atoms with Crippen molar-refractivity contribution < 1.29 is 4.74 Å². The Morgan fingerprint density at radius 3 is 2.06 bits per heavy atom. The summed E-state index contributed by atoms with van der Waals surface area (Å²) in [5.41, 5.74) is 0. The van der Waals surface area contributed by atoms with Gasteiger partial charge in [-0.2, -0.15) is 0 Å². The van der Waals surface area contributed by atoms with Crippen LogP contribution < -0.4 is 4.74 Å². The van der Waals surface area contributed by atoms with Crippen molar-refractivity contribution in [2.75, 3.05) is 6.61 Å². The van der Waals surface area contributed by atoms with Gasteiger partial charge in [0.1, 0.15) is 5.75 Å². The highest BCUT2D eigenvalue weighted by atomic mass is 79.9. The van der Waals surface area contributed by atoms with Crippen LogP contribution in [0.5, 0.6) is 5.75 Å². The molecule has 0 aliphatic heterocycles. The topological polar surface area (TPSA) is 9.23 Å². The number of ether oxygens (including phenoxy) is 1. The Labute approximate surface area is 135 Å². The highest BCUT2D eigenvalue weighted by molar-refractivity contribution is 9.14. The first-order valence-corrected chi connectivity index (χ1v) is 8.80. The van der Waals surface area contributed by atoms with Gasteiger partial charge in [-0.1, -0.05) is 39.0 Å². The zero-order valence-corrected chi connectivity index (χ0v) is 15.4. The van der Waals surface area contributed by atoms with Crippen molar-refractivity contribution in [1.29, 1.82) is 0 Å². The molecular weight excluding hydrogens is 424 g/mol. The van der Waals surface area contributed by atoms with Crippen molar-refractivity contribution in [3.8, 4) is 5.75 Å². The minimum absolute atomic E-state index is 0.798. The second-order valence-corrected chi connectivity index (χ2v) is 6.82. The molecule has 1 rings (SSSR count). The van der Waals surface area contributed by atoms with Crippen molar-refractivity contribution in [3.05, 3.63) is 25.6 Å². The highest BCUT2D eigenvalue weighted by Crippen LogP contribution is 2.34. The van der Waals surface area contributed by atoms with Gasteiger partial charge >= 0.3 is 0 Å². The van der Waals surface area contributed by atoms with Crippen LogP contribution in [0.1, 0.15) is 45.4 Å². The summed E-state index contributed by atoms with van der Waals surface area (Å²) in [4.78, 5) is 0. The molecule has 0 saturated carbocycles. The molecule has 0 bridgehead atoms. The van der Waals surface area contributed by atoms with Gasteiger partial charge in [-0.25, -0.2) is 0 Å². The molecule has 0 spiro atoms. The van der Waals surface area contributed by atoms with Gasteiger partial charge in [-0.3, -0.25) is 0 Å². The van der Waals surface area contributed by atoms with E-state index in [2.05, 4.69) is 54.7 Å². The monoisotopic (exact) mass is 440 g/mol. The third-order valence-corrected chi connectivity index (χ3v) is 5.89. The Morgan fingerprint density at radius 2 is 1.44 bits per heavy atom. The Morgan fingerprint density at radius 1 is 0.889 bits per heavy atom. The predicted molar refractivity (Wildman–Crippen MR) is 88.4 cm³/mol. The second kappa shape index (κ2) is 9.38.